The Kier molecular flexibility index (Phi) is 3.44. The molecule has 0 unspecified atom stereocenters. The predicted octanol–water partition coefficient (Wildman–Crippen LogP) is 4.57. The summed E-state index contributed by atoms with van der Waals surface area (Å²) in [5.74, 6) is -0.860. The van der Waals surface area contributed by atoms with Crippen molar-refractivity contribution in [2.75, 3.05) is 0 Å². The average molecular weight is 276 g/mol. The molecule has 0 saturated carbocycles. The first kappa shape index (κ1) is 13.4. The number of aliphatic carboxylic acids is 1. The van der Waals surface area contributed by atoms with Crippen LogP contribution in [0.1, 0.15) is 12.5 Å². The molecule has 0 aromatic heterocycles. The van der Waals surface area contributed by atoms with E-state index in [1.165, 1.54) is 21.5 Å². The van der Waals surface area contributed by atoms with Crippen LogP contribution in [0.4, 0.5) is 0 Å². The fourth-order valence-electron chi connectivity index (χ4n) is 2.56. The first-order chi connectivity index (χ1) is 10.1. The van der Waals surface area contributed by atoms with Crippen LogP contribution in [0.3, 0.4) is 0 Å². The molecule has 0 saturated heterocycles. The molecule has 0 bridgehead atoms. The summed E-state index contributed by atoms with van der Waals surface area (Å²) in [6, 6.07) is 18.8. The third kappa shape index (κ3) is 2.65. The number of benzene rings is 3. The van der Waals surface area contributed by atoms with E-state index < -0.39 is 5.97 Å². The molecular weight excluding hydrogens is 260 g/mol. The fraction of sp³-hybridized carbons (Fsp3) is 0.105. The van der Waals surface area contributed by atoms with Gasteiger partial charge in [-0.1, -0.05) is 48.5 Å². The molecular formula is C19H16O2. The third-order valence-corrected chi connectivity index (χ3v) is 3.80. The minimum atomic E-state index is -0.860. The standard InChI is InChI=1S/C19H16O2/c1-13(19(20)21)9-10-14-7-4-8-17-11-15-5-2-3-6-16(15)12-18(14)17/h2-9,11-12H,10H2,1H3,(H,20,21). The highest BCUT2D eigenvalue weighted by atomic mass is 16.4. The summed E-state index contributed by atoms with van der Waals surface area (Å²) in [7, 11) is 0. The number of carboxylic acids is 1. The van der Waals surface area contributed by atoms with E-state index in [9.17, 15) is 4.79 Å². The molecule has 3 rings (SSSR count). The maximum atomic E-state index is 10.9. The molecule has 0 aliphatic carbocycles. The van der Waals surface area contributed by atoms with Crippen molar-refractivity contribution in [1.82, 2.24) is 0 Å². The maximum Gasteiger partial charge on any atom is 0.330 e. The lowest BCUT2D eigenvalue weighted by Gasteiger charge is -2.07. The van der Waals surface area contributed by atoms with Gasteiger partial charge in [0, 0.05) is 5.57 Å². The van der Waals surface area contributed by atoms with E-state index in [0.29, 0.717) is 12.0 Å². The second-order valence-corrected chi connectivity index (χ2v) is 5.23. The number of rotatable bonds is 3. The molecule has 0 radical (unpaired) electrons. The Labute approximate surface area is 123 Å². The quantitative estimate of drug-likeness (QED) is 0.562. The number of allylic oxidation sites excluding steroid dienone is 1. The lowest BCUT2D eigenvalue weighted by molar-refractivity contribution is -0.132. The molecule has 0 spiro atoms. The molecule has 0 atom stereocenters. The van der Waals surface area contributed by atoms with Crippen molar-refractivity contribution in [1.29, 1.82) is 0 Å². The summed E-state index contributed by atoms with van der Waals surface area (Å²) in [5, 5.41) is 13.7. The zero-order valence-electron chi connectivity index (χ0n) is 11.8. The molecule has 0 aliphatic heterocycles. The molecule has 104 valence electrons. The van der Waals surface area contributed by atoms with Gasteiger partial charge < -0.3 is 5.11 Å². The lowest BCUT2D eigenvalue weighted by atomic mass is 9.97. The van der Waals surface area contributed by atoms with Gasteiger partial charge >= 0.3 is 5.97 Å². The number of carboxylic acid groups (broad SMARTS) is 1. The van der Waals surface area contributed by atoms with Gasteiger partial charge in [-0.15, -0.1) is 0 Å². The average Bonchev–Trinajstić information content (AvgIpc) is 2.50. The SMILES string of the molecule is CC(=CCc1cccc2cc3ccccc3cc12)C(=O)O. The van der Waals surface area contributed by atoms with E-state index in [0.717, 1.165) is 5.56 Å². The van der Waals surface area contributed by atoms with E-state index in [1.54, 1.807) is 13.0 Å². The van der Waals surface area contributed by atoms with Crippen molar-refractivity contribution < 1.29 is 9.90 Å². The fourth-order valence-corrected chi connectivity index (χ4v) is 2.56. The minimum absolute atomic E-state index is 0.382. The first-order valence-corrected chi connectivity index (χ1v) is 6.95. The van der Waals surface area contributed by atoms with Gasteiger partial charge in [-0.2, -0.15) is 0 Å². The normalized spacial score (nSPS) is 12.0. The Morgan fingerprint density at radius 1 is 1.00 bits per heavy atom. The van der Waals surface area contributed by atoms with Crippen molar-refractivity contribution in [2.24, 2.45) is 0 Å². The largest absolute Gasteiger partial charge is 0.478 e. The second-order valence-electron chi connectivity index (χ2n) is 5.23. The van der Waals surface area contributed by atoms with Gasteiger partial charge in [0.15, 0.2) is 0 Å². The van der Waals surface area contributed by atoms with Crippen LogP contribution in [0.15, 0.2) is 66.2 Å². The first-order valence-electron chi connectivity index (χ1n) is 6.95. The summed E-state index contributed by atoms with van der Waals surface area (Å²) in [6.07, 6.45) is 2.40. The Balaban J connectivity index is 2.12. The van der Waals surface area contributed by atoms with E-state index >= 15 is 0 Å². The maximum absolute atomic E-state index is 10.9. The number of hydrogen-bond donors (Lipinski definition) is 1. The van der Waals surface area contributed by atoms with Crippen LogP contribution >= 0.6 is 0 Å². The minimum Gasteiger partial charge on any atom is -0.478 e. The molecule has 1 N–H and O–H groups in total. The molecule has 2 nitrogen and oxygen atoms in total. The van der Waals surface area contributed by atoms with Crippen molar-refractivity contribution in [2.45, 2.75) is 13.3 Å². The van der Waals surface area contributed by atoms with Gasteiger partial charge in [0.25, 0.3) is 0 Å². The second kappa shape index (κ2) is 5.41. The zero-order chi connectivity index (χ0) is 14.8. The highest BCUT2D eigenvalue weighted by Gasteiger charge is 2.04. The smallest absolute Gasteiger partial charge is 0.330 e. The molecule has 0 amide bonds. The van der Waals surface area contributed by atoms with E-state index in [-0.39, 0.29) is 0 Å². The number of fused-ring (bicyclic) bond motifs is 2. The van der Waals surface area contributed by atoms with Crippen LogP contribution in [0.5, 0.6) is 0 Å². The summed E-state index contributed by atoms with van der Waals surface area (Å²) >= 11 is 0. The van der Waals surface area contributed by atoms with Crippen LogP contribution in [0.25, 0.3) is 21.5 Å². The predicted molar refractivity (Wildman–Crippen MR) is 86.6 cm³/mol. The highest BCUT2D eigenvalue weighted by Crippen LogP contribution is 2.26. The highest BCUT2D eigenvalue weighted by molar-refractivity contribution is 5.99. The van der Waals surface area contributed by atoms with E-state index in [2.05, 4.69) is 36.4 Å². The molecule has 3 aromatic carbocycles. The van der Waals surface area contributed by atoms with Crippen molar-refractivity contribution >= 4 is 27.5 Å². The third-order valence-electron chi connectivity index (χ3n) is 3.80. The molecule has 0 fully saturated rings. The van der Waals surface area contributed by atoms with E-state index in [1.807, 2.05) is 18.2 Å². The Morgan fingerprint density at radius 2 is 1.67 bits per heavy atom. The molecule has 3 aromatic rings. The van der Waals surface area contributed by atoms with Crippen LogP contribution in [0, 0.1) is 0 Å². The van der Waals surface area contributed by atoms with Crippen LogP contribution < -0.4 is 0 Å². The summed E-state index contributed by atoms with van der Waals surface area (Å²) in [4.78, 5) is 10.9. The monoisotopic (exact) mass is 276 g/mol. The Bertz CT molecular complexity index is 860. The lowest BCUT2D eigenvalue weighted by Crippen LogP contribution is -1.97. The van der Waals surface area contributed by atoms with Gasteiger partial charge in [0.2, 0.25) is 0 Å². The van der Waals surface area contributed by atoms with Gasteiger partial charge in [-0.05, 0) is 52.6 Å². The zero-order valence-corrected chi connectivity index (χ0v) is 11.8. The topological polar surface area (TPSA) is 37.3 Å². The number of hydrogen-bond acceptors (Lipinski definition) is 1. The van der Waals surface area contributed by atoms with Crippen LogP contribution in [0.2, 0.25) is 0 Å². The summed E-state index contributed by atoms with van der Waals surface area (Å²) in [6.45, 7) is 1.63. The molecule has 21 heavy (non-hydrogen) atoms. The molecule has 0 aliphatic rings. The van der Waals surface area contributed by atoms with Crippen molar-refractivity contribution in [3.8, 4) is 0 Å². The molecule has 2 heteroatoms. The van der Waals surface area contributed by atoms with Gasteiger partial charge in [0.1, 0.15) is 0 Å². The summed E-state index contributed by atoms with van der Waals surface area (Å²) < 4.78 is 0. The van der Waals surface area contributed by atoms with E-state index in [4.69, 9.17) is 5.11 Å². The number of carbonyl (C=O) groups is 1. The van der Waals surface area contributed by atoms with Crippen LogP contribution in [-0.4, -0.2) is 11.1 Å². The van der Waals surface area contributed by atoms with Gasteiger partial charge in [-0.3, -0.25) is 0 Å². The molecule has 0 heterocycles. The van der Waals surface area contributed by atoms with Crippen LogP contribution in [-0.2, 0) is 11.2 Å². The van der Waals surface area contributed by atoms with Gasteiger partial charge in [0.05, 0.1) is 0 Å². The Hall–Kier alpha value is -2.61. The van der Waals surface area contributed by atoms with Crippen molar-refractivity contribution in [3.05, 3.63) is 71.8 Å². The Morgan fingerprint density at radius 3 is 2.38 bits per heavy atom. The summed E-state index contributed by atoms with van der Waals surface area (Å²) in [5.41, 5.74) is 1.53. The van der Waals surface area contributed by atoms with Crippen molar-refractivity contribution in [3.63, 3.8) is 0 Å². The van der Waals surface area contributed by atoms with Gasteiger partial charge in [-0.25, -0.2) is 4.79 Å².